The van der Waals surface area contributed by atoms with Gasteiger partial charge < -0.3 is 5.73 Å². The van der Waals surface area contributed by atoms with Gasteiger partial charge in [-0.1, -0.05) is 0 Å². The van der Waals surface area contributed by atoms with Crippen LogP contribution in [0, 0.1) is 5.82 Å². The van der Waals surface area contributed by atoms with Gasteiger partial charge in [0.05, 0.1) is 17.8 Å². The predicted octanol–water partition coefficient (Wildman–Crippen LogP) is 1.70. The Morgan fingerprint density at radius 1 is 1.57 bits per heavy atom. The molecule has 0 aliphatic heterocycles. The number of hydrogen-bond donors (Lipinski definition) is 1. The van der Waals surface area contributed by atoms with Crippen LogP contribution in [0.2, 0.25) is 0 Å². The van der Waals surface area contributed by atoms with Gasteiger partial charge >= 0.3 is 0 Å². The quantitative estimate of drug-likeness (QED) is 0.788. The first-order chi connectivity index (χ1) is 6.72. The number of fused-ring (bicyclic) bond motifs is 1. The average molecular weight is 193 g/mol. The fourth-order valence-electron chi connectivity index (χ4n) is 1.46. The lowest BCUT2D eigenvalue weighted by molar-refractivity contribution is 0.515. The lowest BCUT2D eigenvalue weighted by Crippen LogP contribution is -2.16. The molecule has 1 unspecified atom stereocenters. The zero-order chi connectivity index (χ0) is 10.1. The number of halogens is 1. The molecule has 0 bridgehead atoms. The topological polar surface area (TPSA) is 43.8 Å². The van der Waals surface area contributed by atoms with Crippen LogP contribution >= 0.6 is 0 Å². The minimum absolute atomic E-state index is 0.0919. The van der Waals surface area contributed by atoms with Crippen LogP contribution in [0.25, 0.3) is 10.9 Å². The Bertz CT molecular complexity index is 450. The number of hydrogen-bond acceptors (Lipinski definition) is 2. The molecule has 4 heteroatoms. The van der Waals surface area contributed by atoms with Crippen LogP contribution < -0.4 is 5.73 Å². The highest BCUT2D eigenvalue weighted by molar-refractivity contribution is 5.78. The van der Waals surface area contributed by atoms with Gasteiger partial charge in [0, 0.05) is 11.9 Å². The van der Waals surface area contributed by atoms with Crippen molar-refractivity contribution in [2.75, 3.05) is 6.54 Å². The summed E-state index contributed by atoms with van der Waals surface area (Å²) in [6.07, 6.45) is 1.72. The molecule has 2 aromatic rings. The third-order valence-electron chi connectivity index (χ3n) is 2.32. The third kappa shape index (κ3) is 1.37. The summed E-state index contributed by atoms with van der Waals surface area (Å²) >= 11 is 0. The monoisotopic (exact) mass is 193 g/mol. The van der Waals surface area contributed by atoms with E-state index in [1.807, 2.05) is 6.92 Å². The van der Waals surface area contributed by atoms with Gasteiger partial charge in [-0.25, -0.2) is 4.39 Å². The molecule has 0 saturated carbocycles. The van der Waals surface area contributed by atoms with Gasteiger partial charge in [0.2, 0.25) is 0 Å². The van der Waals surface area contributed by atoms with E-state index in [0.717, 1.165) is 10.9 Å². The molecule has 1 heterocycles. The van der Waals surface area contributed by atoms with E-state index in [1.165, 1.54) is 12.1 Å². The van der Waals surface area contributed by atoms with Gasteiger partial charge in [0.15, 0.2) is 0 Å². The Labute approximate surface area is 81.3 Å². The summed E-state index contributed by atoms with van der Waals surface area (Å²) < 4.78 is 14.7. The molecule has 3 nitrogen and oxygen atoms in total. The number of nitrogens with two attached hydrogens (primary N) is 1. The zero-order valence-corrected chi connectivity index (χ0v) is 7.94. The van der Waals surface area contributed by atoms with Crippen molar-refractivity contribution >= 4 is 10.9 Å². The molecule has 0 amide bonds. The minimum atomic E-state index is -0.247. The molecule has 1 aromatic carbocycles. The molecule has 0 spiro atoms. The summed E-state index contributed by atoms with van der Waals surface area (Å²) in [5.41, 5.74) is 6.33. The Balaban J connectivity index is 2.61. The molecule has 0 aliphatic carbocycles. The van der Waals surface area contributed by atoms with E-state index >= 15 is 0 Å². The fourth-order valence-corrected chi connectivity index (χ4v) is 1.46. The third-order valence-corrected chi connectivity index (χ3v) is 2.32. The van der Waals surface area contributed by atoms with Crippen LogP contribution in [-0.4, -0.2) is 16.3 Å². The van der Waals surface area contributed by atoms with E-state index in [0.29, 0.717) is 6.54 Å². The summed E-state index contributed by atoms with van der Waals surface area (Å²) in [6, 6.07) is 4.72. The Morgan fingerprint density at radius 3 is 3.07 bits per heavy atom. The van der Waals surface area contributed by atoms with Gasteiger partial charge in [-0.15, -0.1) is 0 Å². The number of aromatic nitrogens is 2. The van der Waals surface area contributed by atoms with Crippen LogP contribution in [0.3, 0.4) is 0 Å². The molecule has 1 atom stereocenters. The summed E-state index contributed by atoms with van der Waals surface area (Å²) in [7, 11) is 0. The molecular weight excluding hydrogens is 181 g/mol. The van der Waals surface area contributed by atoms with Crippen molar-refractivity contribution < 1.29 is 4.39 Å². The van der Waals surface area contributed by atoms with Gasteiger partial charge in [-0.2, -0.15) is 5.10 Å². The van der Waals surface area contributed by atoms with Crippen molar-refractivity contribution in [2.45, 2.75) is 13.0 Å². The first-order valence-corrected chi connectivity index (χ1v) is 4.55. The second kappa shape index (κ2) is 3.38. The Morgan fingerprint density at radius 2 is 2.36 bits per heavy atom. The van der Waals surface area contributed by atoms with E-state index in [2.05, 4.69) is 5.10 Å². The van der Waals surface area contributed by atoms with Gasteiger partial charge in [0.1, 0.15) is 5.82 Å². The molecular formula is C10H12FN3. The Kier molecular flexibility index (Phi) is 2.21. The SMILES string of the molecule is CC(CN)n1ncc2ccc(F)cc21. The van der Waals surface area contributed by atoms with E-state index < -0.39 is 0 Å². The van der Waals surface area contributed by atoms with E-state index in [1.54, 1.807) is 16.9 Å². The number of nitrogens with zero attached hydrogens (tertiary/aromatic N) is 2. The normalized spacial score (nSPS) is 13.4. The molecule has 1 aromatic heterocycles. The van der Waals surface area contributed by atoms with Crippen LogP contribution in [0.15, 0.2) is 24.4 Å². The average Bonchev–Trinajstić information content (AvgIpc) is 2.59. The summed E-state index contributed by atoms with van der Waals surface area (Å²) in [6.45, 7) is 2.45. The molecule has 0 saturated heterocycles. The highest BCUT2D eigenvalue weighted by atomic mass is 19.1. The van der Waals surface area contributed by atoms with Crippen LogP contribution in [-0.2, 0) is 0 Å². The van der Waals surface area contributed by atoms with Gasteiger partial charge in [0.25, 0.3) is 0 Å². The van der Waals surface area contributed by atoms with Gasteiger partial charge in [-0.3, -0.25) is 4.68 Å². The van der Waals surface area contributed by atoms with E-state index in [9.17, 15) is 4.39 Å². The standard InChI is InChI=1S/C10H12FN3/c1-7(5-12)14-10-4-9(11)3-2-8(10)6-13-14/h2-4,6-7H,5,12H2,1H3. The van der Waals surface area contributed by atoms with E-state index in [4.69, 9.17) is 5.73 Å². The molecule has 0 radical (unpaired) electrons. The highest BCUT2D eigenvalue weighted by Crippen LogP contribution is 2.18. The Hall–Kier alpha value is -1.42. The maximum atomic E-state index is 13.0. The lowest BCUT2D eigenvalue weighted by atomic mass is 10.2. The van der Waals surface area contributed by atoms with Crippen LogP contribution in [0.1, 0.15) is 13.0 Å². The number of rotatable bonds is 2. The zero-order valence-electron chi connectivity index (χ0n) is 7.94. The molecule has 14 heavy (non-hydrogen) atoms. The predicted molar refractivity (Wildman–Crippen MR) is 53.5 cm³/mol. The van der Waals surface area contributed by atoms with Crippen molar-refractivity contribution in [1.29, 1.82) is 0 Å². The summed E-state index contributed by atoms with van der Waals surface area (Å²) in [5.74, 6) is -0.247. The lowest BCUT2D eigenvalue weighted by Gasteiger charge is -2.10. The van der Waals surface area contributed by atoms with E-state index in [-0.39, 0.29) is 11.9 Å². The summed E-state index contributed by atoms with van der Waals surface area (Å²) in [5, 5.41) is 5.11. The molecule has 2 N–H and O–H groups in total. The molecule has 0 fully saturated rings. The number of benzene rings is 1. The molecule has 2 rings (SSSR count). The van der Waals surface area contributed by atoms with Crippen molar-refractivity contribution in [2.24, 2.45) is 5.73 Å². The highest BCUT2D eigenvalue weighted by Gasteiger charge is 2.08. The summed E-state index contributed by atoms with van der Waals surface area (Å²) in [4.78, 5) is 0. The maximum absolute atomic E-state index is 13.0. The van der Waals surface area contributed by atoms with Crippen molar-refractivity contribution in [3.05, 3.63) is 30.2 Å². The van der Waals surface area contributed by atoms with Crippen LogP contribution in [0.4, 0.5) is 4.39 Å². The second-order valence-electron chi connectivity index (χ2n) is 3.38. The first kappa shape index (κ1) is 9.15. The minimum Gasteiger partial charge on any atom is -0.328 e. The largest absolute Gasteiger partial charge is 0.328 e. The fraction of sp³-hybridized carbons (Fsp3) is 0.300. The van der Waals surface area contributed by atoms with Gasteiger partial charge in [-0.05, 0) is 25.1 Å². The maximum Gasteiger partial charge on any atom is 0.125 e. The van der Waals surface area contributed by atoms with Crippen molar-refractivity contribution in [1.82, 2.24) is 9.78 Å². The molecule has 74 valence electrons. The van der Waals surface area contributed by atoms with Crippen molar-refractivity contribution in [3.63, 3.8) is 0 Å². The smallest absolute Gasteiger partial charge is 0.125 e. The van der Waals surface area contributed by atoms with Crippen molar-refractivity contribution in [3.8, 4) is 0 Å². The first-order valence-electron chi connectivity index (χ1n) is 4.55. The van der Waals surface area contributed by atoms with Crippen LogP contribution in [0.5, 0.6) is 0 Å². The molecule has 0 aliphatic rings. The second-order valence-corrected chi connectivity index (χ2v) is 3.38.